The van der Waals surface area contributed by atoms with E-state index in [9.17, 15) is 0 Å². The molecule has 0 fully saturated rings. The Morgan fingerprint density at radius 2 is 2.31 bits per heavy atom. The van der Waals surface area contributed by atoms with Gasteiger partial charge in [-0.25, -0.2) is 0 Å². The predicted octanol–water partition coefficient (Wildman–Crippen LogP) is 3.53. The molecule has 1 aromatic carbocycles. The molecular formula is C13H13ClN2. The lowest BCUT2D eigenvalue weighted by molar-refractivity contribution is 0.360. The molecule has 1 aromatic rings. The molecule has 0 aromatic heterocycles. The van der Waals surface area contributed by atoms with E-state index in [0.717, 1.165) is 23.7 Å². The van der Waals surface area contributed by atoms with Crippen molar-refractivity contribution in [3.63, 3.8) is 0 Å². The van der Waals surface area contributed by atoms with Crippen LogP contribution in [0, 0.1) is 0 Å². The zero-order valence-electron chi connectivity index (χ0n) is 9.15. The van der Waals surface area contributed by atoms with Crippen molar-refractivity contribution in [1.29, 1.82) is 0 Å². The third-order valence-electron chi connectivity index (χ3n) is 3.12. The van der Waals surface area contributed by atoms with Crippen LogP contribution < -0.4 is 0 Å². The van der Waals surface area contributed by atoms with E-state index in [1.54, 1.807) is 0 Å². The molecule has 0 bridgehead atoms. The Labute approximate surface area is 100 Å². The number of aliphatic imine (C=N–C) groups is 1. The number of hydrogen-bond acceptors (Lipinski definition) is 2. The van der Waals surface area contributed by atoms with Crippen LogP contribution in [-0.4, -0.2) is 17.2 Å². The lowest BCUT2D eigenvalue weighted by Gasteiger charge is -2.20. The summed E-state index contributed by atoms with van der Waals surface area (Å²) in [5, 5.41) is 0.785. The maximum Gasteiger partial charge on any atom is 0.0680 e. The van der Waals surface area contributed by atoms with Crippen molar-refractivity contribution < 1.29 is 0 Å². The molecule has 3 heteroatoms. The zero-order valence-corrected chi connectivity index (χ0v) is 9.91. The first-order valence-electron chi connectivity index (χ1n) is 5.48. The van der Waals surface area contributed by atoms with Crippen LogP contribution in [0.2, 0.25) is 5.02 Å². The molecule has 2 aliphatic heterocycles. The van der Waals surface area contributed by atoms with E-state index >= 15 is 0 Å². The third-order valence-corrected chi connectivity index (χ3v) is 3.36. The fourth-order valence-electron chi connectivity index (χ4n) is 2.35. The van der Waals surface area contributed by atoms with Crippen molar-refractivity contribution in [2.24, 2.45) is 4.99 Å². The van der Waals surface area contributed by atoms with E-state index in [1.807, 2.05) is 24.4 Å². The van der Waals surface area contributed by atoms with Crippen LogP contribution in [0.3, 0.4) is 0 Å². The van der Waals surface area contributed by atoms with E-state index in [4.69, 9.17) is 11.6 Å². The third kappa shape index (κ3) is 1.63. The highest BCUT2D eigenvalue weighted by molar-refractivity contribution is 6.30. The highest BCUT2D eigenvalue weighted by Gasteiger charge is 2.23. The van der Waals surface area contributed by atoms with Gasteiger partial charge in [-0.05, 0) is 43.3 Å². The molecule has 0 aliphatic carbocycles. The van der Waals surface area contributed by atoms with Gasteiger partial charge in [0.05, 0.1) is 11.7 Å². The number of rotatable bonds is 0. The van der Waals surface area contributed by atoms with Gasteiger partial charge in [0.25, 0.3) is 0 Å². The minimum Gasteiger partial charge on any atom is -0.365 e. The summed E-state index contributed by atoms with van der Waals surface area (Å²) < 4.78 is 0. The average molecular weight is 233 g/mol. The van der Waals surface area contributed by atoms with E-state index < -0.39 is 0 Å². The summed E-state index contributed by atoms with van der Waals surface area (Å²) in [7, 11) is 0. The minimum atomic E-state index is 0.422. The van der Waals surface area contributed by atoms with Gasteiger partial charge in [0.15, 0.2) is 0 Å². The standard InChI is InChI=1S/C13H13ClN2/c1-9-4-12-6-15-13-3-2-11(14)5-10(13)8-16(12)7-9/h2-3,5-7,12H,4,8H2,1H3. The summed E-state index contributed by atoms with van der Waals surface area (Å²) in [5.74, 6) is 0. The number of benzene rings is 1. The van der Waals surface area contributed by atoms with Gasteiger partial charge in [-0.1, -0.05) is 17.2 Å². The van der Waals surface area contributed by atoms with Crippen molar-refractivity contribution in [1.82, 2.24) is 4.90 Å². The van der Waals surface area contributed by atoms with E-state index in [2.05, 4.69) is 23.0 Å². The highest BCUT2D eigenvalue weighted by atomic mass is 35.5. The normalized spacial score (nSPS) is 22.5. The van der Waals surface area contributed by atoms with Crippen LogP contribution in [-0.2, 0) is 6.54 Å². The fraction of sp³-hybridized carbons (Fsp3) is 0.308. The lowest BCUT2D eigenvalue weighted by Crippen LogP contribution is -2.26. The Morgan fingerprint density at radius 1 is 1.44 bits per heavy atom. The minimum absolute atomic E-state index is 0.422. The molecule has 0 amide bonds. The molecule has 82 valence electrons. The zero-order chi connectivity index (χ0) is 11.1. The molecule has 3 rings (SSSR count). The van der Waals surface area contributed by atoms with Crippen molar-refractivity contribution in [2.45, 2.75) is 25.9 Å². The second-order valence-corrected chi connectivity index (χ2v) is 4.91. The number of nitrogens with zero attached hydrogens (tertiary/aromatic N) is 2. The summed E-state index contributed by atoms with van der Waals surface area (Å²) in [4.78, 5) is 6.88. The molecule has 1 unspecified atom stereocenters. The average Bonchev–Trinajstić information content (AvgIpc) is 2.49. The fourth-order valence-corrected chi connectivity index (χ4v) is 2.54. The van der Waals surface area contributed by atoms with Gasteiger partial charge in [-0.15, -0.1) is 0 Å². The Kier molecular flexibility index (Phi) is 2.25. The first kappa shape index (κ1) is 9.91. The second-order valence-electron chi connectivity index (χ2n) is 4.47. The van der Waals surface area contributed by atoms with Gasteiger partial charge in [-0.3, -0.25) is 4.99 Å². The molecule has 2 nitrogen and oxygen atoms in total. The Bertz CT molecular complexity index is 491. The van der Waals surface area contributed by atoms with E-state index in [0.29, 0.717) is 6.04 Å². The summed E-state index contributed by atoms with van der Waals surface area (Å²) in [6.07, 6.45) is 5.37. The van der Waals surface area contributed by atoms with Crippen LogP contribution in [0.4, 0.5) is 5.69 Å². The number of fused-ring (bicyclic) bond motifs is 2. The van der Waals surface area contributed by atoms with Crippen LogP contribution in [0.5, 0.6) is 0 Å². The van der Waals surface area contributed by atoms with Gasteiger partial charge in [0.2, 0.25) is 0 Å². The molecule has 0 saturated carbocycles. The Balaban J connectivity index is 2.01. The smallest absolute Gasteiger partial charge is 0.0680 e. The van der Waals surface area contributed by atoms with Crippen LogP contribution >= 0.6 is 11.6 Å². The van der Waals surface area contributed by atoms with Crippen molar-refractivity contribution in [3.8, 4) is 0 Å². The van der Waals surface area contributed by atoms with Gasteiger partial charge >= 0.3 is 0 Å². The van der Waals surface area contributed by atoms with Crippen LogP contribution in [0.1, 0.15) is 18.9 Å². The van der Waals surface area contributed by atoms with Crippen molar-refractivity contribution >= 4 is 23.5 Å². The summed E-state index contributed by atoms with van der Waals surface area (Å²) in [6, 6.07) is 6.33. The second kappa shape index (κ2) is 3.63. The quantitative estimate of drug-likeness (QED) is 0.668. The van der Waals surface area contributed by atoms with Crippen molar-refractivity contribution in [3.05, 3.63) is 40.6 Å². The van der Waals surface area contributed by atoms with Crippen molar-refractivity contribution in [2.75, 3.05) is 0 Å². The maximum atomic E-state index is 6.02. The summed E-state index contributed by atoms with van der Waals surface area (Å²) in [6.45, 7) is 3.07. The first-order chi connectivity index (χ1) is 7.72. The summed E-state index contributed by atoms with van der Waals surface area (Å²) >= 11 is 6.02. The molecule has 2 heterocycles. The lowest BCUT2D eigenvalue weighted by atomic mass is 10.1. The Hall–Kier alpha value is -1.28. The summed E-state index contributed by atoms with van der Waals surface area (Å²) in [5.41, 5.74) is 3.67. The predicted molar refractivity (Wildman–Crippen MR) is 67.3 cm³/mol. The van der Waals surface area contributed by atoms with Crippen LogP contribution in [0.15, 0.2) is 35.0 Å². The van der Waals surface area contributed by atoms with Gasteiger partial charge in [-0.2, -0.15) is 0 Å². The SMILES string of the molecule is CC1=CN2Cc3cc(Cl)ccc3N=CC2C1. The topological polar surface area (TPSA) is 15.6 Å². The molecule has 2 aliphatic rings. The molecule has 16 heavy (non-hydrogen) atoms. The van der Waals surface area contributed by atoms with E-state index in [1.165, 1.54) is 11.1 Å². The number of halogens is 1. The van der Waals surface area contributed by atoms with Gasteiger partial charge in [0.1, 0.15) is 0 Å². The first-order valence-corrected chi connectivity index (χ1v) is 5.86. The molecule has 0 N–H and O–H groups in total. The molecular weight excluding hydrogens is 220 g/mol. The highest BCUT2D eigenvalue weighted by Crippen LogP contribution is 2.31. The monoisotopic (exact) mass is 232 g/mol. The largest absolute Gasteiger partial charge is 0.365 e. The maximum absolute atomic E-state index is 6.02. The number of hydrogen-bond donors (Lipinski definition) is 0. The Morgan fingerprint density at radius 3 is 3.19 bits per heavy atom. The molecule has 0 radical (unpaired) electrons. The van der Waals surface area contributed by atoms with Crippen LogP contribution in [0.25, 0.3) is 0 Å². The van der Waals surface area contributed by atoms with Gasteiger partial charge in [0, 0.05) is 17.8 Å². The molecule has 0 spiro atoms. The van der Waals surface area contributed by atoms with E-state index in [-0.39, 0.29) is 0 Å². The van der Waals surface area contributed by atoms with Gasteiger partial charge < -0.3 is 4.90 Å². The molecule has 0 saturated heterocycles. The molecule has 1 atom stereocenters.